The zero-order valence-electron chi connectivity index (χ0n) is 20.7. The molecular weight excluding hydrogens is 360 g/mol. The molecule has 0 amide bonds. The zero-order valence-corrected chi connectivity index (χ0v) is 20.7. The van der Waals surface area contributed by atoms with Crippen LogP contribution in [0.3, 0.4) is 0 Å². The third kappa shape index (κ3) is 2.87. The summed E-state index contributed by atoms with van der Waals surface area (Å²) in [5.41, 5.74) is 21.2. The third-order valence-electron chi connectivity index (χ3n) is 8.86. The molecule has 2 aromatic carbocycles. The molecule has 2 aliphatic rings. The summed E-state index contributed by atoms with van der Waals surface area (Å²) in [5, 5.41) is 0. The fourth-order valence-electron chi connectivity index (χ4n) is 6.20. The Labute approximate surface area is 184 Å². The number of rotatable bonds is 3. The first-order chi connectivity index (χ1) is 14.1. The van der Waals surface area contributed by atoms with Gasteiger partial charge in [0, 0.05) is 11.8 Å². The van der Waals surface area contributed by atoms with Gasteiger partial charge in [-0.3, -0.25) is 0 Å². The number of hydrogen-bond donors (Lipinski definition) is 0. The molecule has 2 unspecified atom stereocenters. The van der Waals surface area contributed by atoms with Crippen molar-refractivity contribution in [2.24, 2.45) is 0 Å². The third-order valence-corrected chi connectivity index (χ3v) is 8.86. The van der Waals surface area contributed by atoms with E-state index in [4.69, 9.17) is 0 Å². The molecule has 2 aromatic rings. The molecule has 30 heavy (non-hydrogen) atoms. The quantitative estimate of drug-likeness (QED) is 0.485. The zero-order chi connectivity index (χ0) is 22.1. The first-order valence-corrected chi connectivity index (χ1v) is 11.6. The minimum Gasteiger partial charge on any atom is -0.0652 e. The van der Waals surface area contributed by atoms with E-state index < -0.39 is 0 Å². The van der Waals surface area contributed by atoms with Crippen molar-refractivity contribution in [2.45, 2.75) is 93.9 Å². The van der Waals surface area contributed by atoms with Gasteiger partial charge in [0.25, 0.3) is 0 Å². The lowest BCUT2D eigenvalue weighted by atomic mass is 9.79. The lowest BCUT2D eigenvalue weighted by Crippen LogP contribution is -2.09. The van der Waals surface area contributed by atoms with Gasteiger partial charge in [-0.1, -0.05) is 23.3 Å². The van der Waals surface area contributed by atoms with Gasteiger partial charge in [0.1, 0.15) is 0 Å². The van der Waals surface area contributed by atoms with Gasteiger partial charge >= 0.3 is 0 Å². The molecule has 0 saturated carbocycles. The van der Waals surface area contributed by atoms with E-state index in [0.29, 0.717) is 11.8 Å². The van der Waals surface area contributed by atoms with Crippen LogP contribution in [0.4, 0.5) is 0 Å². The standard InChI is InChI=1S/C30H38/c1-15-13-27-21(7)17(3)19(5)23(9)29(27)25(15)11-12-26-16(2)14-28-22(8)18(4)20(6)24(10)30(26)28/h13-14,25-26H,11-12H2,1-10H3. The Morgan fingerprint density at radius 1 is 0.433 bits per heavy atom. The van der Waals surface area contributed by atoms with Crippen LogP contribution in [0, 0.1) is 55.4 Å². The average molecular weight is 399 g/mol. The summed E-state index contributed by atoms with van der Waals surface area (Å²) in [7, 11) is 0. The normalized spacial score (nSPS) is 19.7. The topological polar surface area (TPSA) is 0 Å². The van der Waals surface area contributed by atoms with E-state index in [-0.39, 0.29) is 0 Å². The van der Waals surface area contributed by atoms with Crippen LogP contribution in [0.25, 0.3) is 12.2 Å². The van der Waals surface area contributed by atoms with Crippen molar-refractivity contribution in [1.29, 1.82) is 0 Å². The summed E-state index contributed by atoms with van der Waals surface area (Å²) in [6.07, 6.45) is 7.42. The average Bonchev–Trinajstić information content (AvgIpc) is 3.22. The highest BCUT2D eigenvalue weighted by Gasteiger charge is 2.31. The minimum absolute atomic E-state index is 0.572. The minimum atomic E-state index is 0.572. The Hall–Kier alpha value is -2.08. The van der Waals surface area contributed by atoms with Gasteiger partial charge in [-0.05, 0) is 149 Å². The fraction of sp³-hybridized carbons (Fsp3) is 0.467. The smallest absolute Gasteiger partial charge is 0.00578 e. The molecule has 4 rings (SSSR count). The van der Waals surface area contributed by atoms with Gasteiger partial charge in [0.05, 0.1) is 0 Å². The highest BCUT2D eigenvalue weighted by atomic mass is 14.4. The first-order valence-electron chi connectivity index (χ1n) is 11.6. The number of fused-ring (bicyclic) bond motifs is 2. The molecule has 0 fully saturated rings. The maximum absolute atomic E-state index is 2.48. The summed E-state index contributed by atoms with van der Waals surface area (Å²) in [5.74, 6) is 1.14. The fourth-order valence-corrected chi connectivity index (χ4v) is 6.20. The highest BCUT2D eigenvalue weighted by Crippen LogP contribution is 2.49. The largest absolute Gasteiger partial charge is 0.0652 e. The van der Waals surface area contributed by atoms with Crippen molar-refractivity contribution >= 4 is 12.2 Å². The van der Waals surface area contributed by atoms with E-state index in [0.717, 1.165) is 0 Å². The Balaban J connectivity index is 1.70. The Kier molecular flexibility index (Phi) is 5.12. The van der Waals surface area contributed by atoms with Crippen LogP contribution in [0.5, 0.6) is 0 Å². The molecule has 0 N–H and O–H groups in total. The molecule has 158 valence electrons. The van der Waals surface area contributed by atoms with Crippen molar-refractivity contribution in [3.8, 4) is 0 Å². The van der Waals surface area contributed by atoms with E-state index in [9.17, 15) is 0 Å². The molecule has 0 bridgehead atoms. The number of benzene rings is 2. The van der Waals surface area contributed by atoms with Gasteiger partial charge in [0.2, 0.25) is 0 Å². The van der Waals surface area contributed by atoms with Crippen LogP contribution in [0.1, 0.15) is 105 Å². The van der Waals surface area contributed by atoms with Crippen LogP contribution in [-0.2, 0) is 0 Å². The van der Waals surface area contributed by atoms with Crippen LogP contribution >= 0.6 is 0 Å². The van der Waals surface area contributed by atoms with Crippen molar-refractivity contribution < 1.29 is 0 Å². The van der Waals surface area contributed by atoms with Crippen molar-refractivity contribution in [2.75, 3.05) is 0 Å². The predicted octanol–water partition coefficient (Wildman–Crippen LogP) is 8.64. The van der Waals surface area contributed by atoms with Crippen LogP contribution in [0.2, 0.25) is 0 Å². The summed E-state index contributed by atoms with van der Waals surface area (Å²) in [6, 6.07) is 0. The van der Waals surface area contributed by atoms with Crippen LogP contribution in [0.15, 0.2) is 11.1 Å². The molecule has 0 heterocycles. The Morgan fingerprint density at radius 3 is 1.07 bits per heavy atom. The SMILES string of the molecule is CC1=Cc2c(C)c(C)c(C)c(C)c2C1CCC1C(C)=Cc2c(C)c(C)c(C)c(C)c21. The first kappa shape index (κ1) is 21.2. The molecule has 0 aromatic heterocycles. The molecule has 0 heteroatoms. The summed E-state index contributed by atoms with van der Waals surface area (Å²) in [4.78, 5) is 0. The van der Waals surface area contributed by atoms with Crippen LogP contribution in [-0.4, -0.2) is 0 Å². The van der Waals surface area contributed by atoms with E-state index >= 15 is 0 Å². The second-order valence-electron chi connectivity index (χ2n) is 10.1. The monoisotopic (exact) mass is 398 g/mol. The molecule has 0 nitrogen and oxygen atoms in total. The summed E-state index contributed by atoms with van der Waals surface area (Å²) < 4.78 is 0. The molecule has 0 aliphatic heterocycles. The molecular formula is C30H38. The Bertz CT molecular complexity index is 1040. The van der Waals surface area contributed by atoms with E-state index in [1.54, 1.807) is 22.3 Å². The van der Waals surface area contributed by atoms with Crippen molar-refractivity contribution in [3.63, 3.8) is 0 Å². The van der Waals surface area contributed by atoms with Crippen molar-refractivity contribution in [1.82, 2.24) is 0 Å². The highest BCUT2D eigenvalue weighted by molar-refractivity contribution is 5.74. The maximum atomic E-state index is 2.48. The second-order valence-corrected chi connectivity index (χ2v) is 10.1. The summed E-state index contributed by atoms with van der Waals surface area (Å²) >= 11 is 0. The Morgan fingerprint density at radius 2 is 0.733 bits per heavy atom. The lowest BCUT2D eigenvalue weighted by Gasteiger charge is -2.25. The number of hydrogen-bond acceptors (Lipinski definition) is 0. The van der Waals surface area contributed by atoms with Gasteiger partial charge in [-0.25, -0.2) is 0 Å². The van der Waals surface area contributed by atoms with E-state index in [1.807, 2.05) is 0 Å². The molecule has 0 saturated heterocycles. The molecule has 2 atom stereocenters. The predicted molar refractivity (Wildman–Crippen MR) is 133 cm³/mol. The summed E-state index contributed by atoms with van der Waals surface area (Å²) in [6.45, 7) is 23.2. The molecule has 2 aliphatic carbocycles. The molecule has 0 radical (unpaired) electrons. The van der Waals surface area contributed by atoms with Gasteiger partial charge in [-0.15, -0.1) is 0 Å². The lowest BCUT2D eigenvalue weighted by molar-refractivity contribution is 0.607. The maximum Gasteiger partial charge on any atom is 0.00578 e. The van der Waals surface area contributed by atoms with Gasteiger partial charge < -0.3 is 0 Å². The van der Waals surface area contributed by atoms with Gasteiger partial charge in [-0.2, -0.15) is 0 Å². The second kappa shape index (κ2) is 7.26. The van der Waals surface area contributed by atoms with Crippen molar-refractivity contribution in [3.05, 3.63) is 77.9 Å². The van der Waals surface area contributed by atoms with E-state index in [2.05, 4.69) is 81.4 Å². The van der Waals surface area contributed by atoms with E-state index in [1.165, 1.54) is 68.5 Å². The number of allylic oxidation sites excluding steroid dienone is 2. The van der Waals surface area contributed by atoms with Crippen LogP contribution < -0.4 is 0 Å². The molecule has 0 spiro atoms. The van der Waals surface area contributed by atoms with Gasteiger partial charge in [0.15, 0.2) is 0 Å².